The first kappa shape index (κ1) is 10.4. The standard InChI is InChI=1S/C13H20N2O/c1-10-2-5-13(16-10)8-14-11-6-7-15(9-11)12-3-4-12/h2,5,11-12,14H,3-4,6-9H2,1H3. The summed E-state index contributed by atoms with van der Waals surface area (Å²) in [7, 11) is 0. The van der Waals surface area contributed by atoms with Crippen LogP contribution in [0.25, 0.3) is 0 Å². The molecule has 2 heterocycles. The van der Waals surface area contributed by atoms with Crippen LogP contribution in [0.5, 0.6) is 0 Å². The highest BCUT2D eigenvalue weighted by Gasteiger charge is 2.34. The van der Waals surface area contributed by atoms with Crippen LogP contribution in [0, 0.1) is 6.92 Å². The largest absolute Gasteiger partial charge is 0.465 e. The van der Waals surface area contributed by atoms with Gasteiger partial charge in [-0.05, 0) is 38.3 Å². The highest BCUT2D eigenvalue weighted by atomic mass is 16.3. The van der Waals surface area contributed by atoms with Crippen molar-refractivity contribution < 1.29 is 4.42 Å². The molecule has 2 aliphatic rings. The van der Waals surface area contributed by atoms with Gasteiger partial charge < -0.3 is 9.73 Å². The van der Waals surface area contributed by atoms with Crippen LogP contribution in [0.3, 0.4) is 0 Å². The Labute approximate surface area is 96.8 Å². The fraction of sp³-hybridized carbons (Fsp3) is 0.692. The first-order valence-electron chi connectivity index (χ1n) is 6.34. The molecule has 3 nitrogen and oxygen atoms in total. The smallest absolute Gasteiger partial charge is 0.117 e. The van der Waals surface area contributed by atoms with E-state index in [0.29, 0.717) is 6.04 Å². The summed E-state index contributed by atoms with van der Waals surface area (Å²) in [6.07, 6.45) is 4.13. The van der Waals surface area contributed by atoms with Crippen molar-refractivity contribution >= 4 is 0 Å². The molecule has 0 bridgehead atoms. The Balaban J connectivity index is 1.45. The molecule has 2 fully saturated rings. The Kier molecular flexibility index (Phi) is 2.74. The van der Waals surface area contributed by atoms with E-state index in [9.17, 15) is 0 Å². The minimum absolute atomic E-state index is 0.658. The quantitative estimate of drug-likeness (QED) is 0.840. The Hall–Kier alpha value is -0.800. The normalized spacial score (nSPS) is 26.4. The van der Waals surface area contributed by atoms with Crippen molar-refractivity contribution in [2.75, 3.05) is 13.1 Å². The monoisotopic (exact) mass is 220 g/mol. The number of aryl methyl sites for hydroxylation is 1. The summed E-state index contributed by atoms with van der Waals surface area (Å²) in [5.41, 5.74) is 0. The van der Waals surface area contributed by atoms with Gasteiger partial charge in [0.1, 0.15) is 11.5 Å². The van der Waals surface area contributed by atoms with Crippen LogP contribution >= 0.6 is 0 Å². The molecule has 1 aromatic heterocycles. The lowest BCUT2D eigenvalue weighted by atomic mass is 10.2. The van der Waals surface area contributed by atoms with E-state index in [-0.39, 0.29) is 0 Å². The second kappa shape index (κ2) is 4.22. The maximum absolute atomic E-state index is 5.55. The summed E-state index contributed by atoms with van der Waals surface area (Å²) in [5, 5.41) is 3.59. The highest BCUT2D eigenvalue weighted by molar-refractivity contribution is 5.05. The number of furan rings is 1. The Morgan fingerprint density at radius 1 is 1.38 bits per heavy atom. The van der Waals surface area contributed by atoms with E-state index in [0.717, 1.165) is 24.1 Å². The van der Waals surface area contributed by atoms with Gasteiger partial charge in [0.05, 0.1) is 6.54 Å². The molecule has 1 saturated carbocycles. The molecule has 1 saturated heterocycles. The average Bonchev–Trinajstić information content (AvgIpc) is 2.87. The lowest BCUT2D eigenvalue weighted by Gasteiger charge is -2.15. The minimum atomic E-state index is 0.658. The first-order valence-corrected chi connectivity index (χ1v) is 6.34. The van der Waals surface area contributed by atoms with Gasteiger partial charge >= 0.3 is 0 Å². The van der Waals surface area contributed by atoms with Crippen molar-refractivity contribution in [3.8, 4) is 0 Å². The first-order chi connectivity index (χ1) is 7.81. The van der Waals surface area contributed by atoms with Gasteiger partial charge in [-0.25, -0.2) is 0 Å². The lowest BCUT2D eigenvalue weighted by Crippen LogP contribution is -2.32. The third-order valence-corrected chi connectivity index (χ3v) is 3.64. The van der Waals surface area contributed by atoms with Crippen LogP contribution in [0.1, 0.15) is 30.8 Å². The molecular weight excluding hydrogens is 200 g/mol. The van der Waals surface area contributed by atoms with E-state index >= 15 is 0 Å². The predicted octanol–water partition coefficient (Wildman–Crippen LogP) is 1.91. The zero-order chi connectivity index (χ0) is 11.0. The van der Waals surface area contributed by atoms with E-state index in [1.807, 2.05) is 13.0 Å². The molecule has 3 rings (SSSR count). The number of nitrogens with zero attached hydrogens (tertiary/aromatic N) is 1. The van der Waals surface area contributed by atoms with Crippen LogP contribution in [-0.2, 0) is 6.54 Å². The third kappa shape index (κ3) is 2.30. The van der Waals surface area contributed by atoms with E-state index in [2.05, 4.69) is 16.3 Å². The van der Waals surface area contributed by atoms with Crippen molar-refractivity contribution in [1.82, 2.24) is 10.2 Å². The van der Waals surface area contributed by atoms with Crippen LogP contribution in [0.4, 0.5) is 0 Å². The summed E-state index contributed by atoms with van der Waals surface area (Å²) in [6.45, 7) is 5.37. The van der Waals surface area contributed by atoms with E-state index < -0.39 is 0 Å². The number of rotatable bonds is 4. The molecule has 0 amide bonds. The molecule has 0 spiro atoms. The maximum atomic E-state index is 5.55. The summed E-state index contributed by atoms with van der Waals surface area (Å²) in [5.74, 6) is 2.06. The molecular formula is C13H20N2O. The predicted molar refractivity (Wildman–Crippen MR) is 63.3 cm³/mol. The SMILES string of the molecule is Cc1ccc(CNC2CCN(C3CC3)C2)o1. The zero-order valence-electron chi connectivity index (χ0n) is 9.91. The maximum Gasteiger partial charge on any atom is 0.117 e. The van der Waals surface area contributed by atoms with Crippen LogP contribution in [0.2, 0.25) is 0 Å². The topological polar surface area (TPSA) is 28.4 Å². The lowest BCUT2D eigenvalue weighted by molar-refractivity contribution is 0.315. The molecule has 1 aliphatic carbocycles. The summed E-state index contributed by atoms with van der Waals surface area (Å²) < 4.78 is 5.55. The van der Waals surface area contributed by atoms with Gasteiger partial charge in [0.15, 0.2) is 0 Å². The minimum Gasteiger partial charge on any atom is -0.465 e. The molecule has 1 unspecified atom stereocenters. The second-order valence-corrected chi connectivity index (χ2v) is 5.10. The average molecular weight is 220 g/mol. The van der Waals surface area contributed by atoms with Crippen LogP contribution in [-0.4, -0.2) is 30.1 Å². The van der Waals surface area contributed by atoms with Crippen molar-refractivity contribution in [1.29, 1.82) is 0 Å². The van der Waals surface area contributed by atoms with E-state index in [4.69, 9.17) is 4.42 Å². The van der Waals surface area contributed by atoms with Gasteiger partial charge in [-0.3, -0.25) is 4.90 Å². The van der Waals surface area contributed by atoms with Gasteiger partial charge in [0, 0.05) is 25.2 Å². The Morgan fingerprint density at radius 2 is 2.25 bits per heavy atom. The van der Waals surface area contributed by atoms with Crippen molar-refractivity contribution in [2.45, 2.75) is 44.8 Å². The molecule has 0 radical (unpaired) electrons. The molecule has 1 aromatic rings. The molecule has 88 valence electrons. The van der Waals surface area contributed by atoms with Gasteiger partial charge in [-0.15, -0.1) is 0 Å². The Bertz CT molecular complexity index is 357. The van der Waals surface area contributed by atoms with E-state index in [1.54, 1.807) is 0 Å². The van der Waals surface area contributed by atoms with Crippen LogP contribution < -0.4 is 5.32 Å². The van der Waals surface area contributed by atoms with Gasteiger partial charge in [-0.2, -0.15) is 0 Å². The number of hydrogen-bond acceptors (Lipinski definition) is 3. The zero-order valence-corrected chi connectivity index (χ0v) is 9.91. The summed E-state index contributed by atoms with van der Waals surface area (Å²) >= 11 is 0. The van der Waals surface area contributed by atoms with Gasteiger partial charge in [-0.1, -0.05) is 0 Å². The van der Waals surface area contributed by atoms with Gasteiger partial charge in [0.25, 0.3) is 0 Å². The molecule has 3 heteroatoms. The Morgan fingerprint density at radius 3 is 2.94 bits per heavy atom. The molecule has 1 aliphatic heterocycles. The third-order valence-electron chi connectivity index (χ3n) is 3.64. The van der Waals surface area contributed by atoms with Crippen molar-refractivity contribution in [3.05, 3.63) is 23.7 Å². The second-order valence-electron chi connectivity index (χ2n) is 5.10. The summed E-state index contributed by atoms with van der Waals surface area (Å²) in [4.78, 5) is 2.63. The number of hydrogen-bond donors (Lipinski definition) is 1. The summed E-state index contributed by atoms with van der Waals surface area (Å²) in [6, 6.07) is 5.67. The fourth-order valence-corrected chi connectivity index (χ4v) is 2.55. The highest BCUT2D eigenvalue weighted by Crippen LogP contribution is 2.29. The molecule has 16 heavy (non-hydrogen) atoms. The number of nitrogens with one attached hydrogen (secondary N) is 1. The molecule has 1 N–H and O–H groups in total. The number of likely N-dealkylation sites (tertiary alicyclic amines) is 1. The van der Waals surface area contributed by atoms with Gasteiger partial charge in [0.2, 0.25) is 0 Å². The molecule has 1 atom stereocenters. The van der Waals surface area contributed by atoms with E-state index in [1.165, 1.54) is 32.4 Å². The van der Waals surface area contributed by atoms with Crippen LogP contribution in [0.15, 0.2) is 16.5 Å². The molecule has 0 aromatic carbocycles. The van der Waals surface area contributed by atoms with Crippen molar-refractivity contribution in [2.24, 2.45) is 0 Å². The van der Waals surface area contributed by atoms with Crippen molar-refractivity contribution in [3.63, 3.8) is 0 Å². The fourth-order valence-electron chi connectivity index (χ4n) is 2.55.